The zero-order valence-corrected chi connectivity index (χ0v) is 12.9. The molecule has 2 fully saturated rings. The van der Waals surface area contributed by atoms with Gasteiger partial charge in [-0.3, -0.25) is 0 Å². The molecule has 2 rings (SSSR count). The smallest absolute Gasteiger partial charge is 0.212 e. The average molecular weight is 291 g/mol. The van der Waals surface area contributed by atoms with E-state index in [1.807, 2.05) is 20.8 Å². The molecule has 2 aliphatic rings. The number of nitrogens with one attached hydrogen (secondary N) is 1. The topological polar surface area (TPSA) is 64.6 Å². The molecule has 0 radical (unpaired) electrons. The van der Waals surface area contributed by atoms with Crippen LogP contribution in [-0.4, -0.2) is 45.6 Å². The molecule has 0 aromatic rings. The summed E-state index contributed by atoms with van der Waals surface area (Å²) >= 11 is 0. The summed E-state index contributed by atoms with van der Waals surface area (Å²) in [5.74, 6) is 0.154. The van der Waals surface area contributed by atoms with Gasteiger partial charge in [0.25, 0.3) is 0 Å². The Kier molecular flexibility index (Phi) is 4.26. The molecule has 2 saturated heterocycles. The second-order valence-electron chi connectivity index (χ2n) is 6.96. The molecule has 2 aliphatic heterocycles. The van der Waals surface area contributed by atoms with E-state index >= 15 is 0 Å². The first-order chi connectivity index (χ1) is 8.70. The Bertz CT molecular complexity index is 407. The molecule has 0 saturated carbocycles. The fourth-order valence-electron chi connectivity index (χ4n) is 2.86. The average Bonchev–Trinajstić information content (AvgIpc) is 2.61. The van der Waals surface area contributed by atoms with Crippen LogP contribution in [0.5, 0.6) is 0 Å². The molecule has 0 bridgehead atoms. The molecular weight excluding hydrogens is 266 g/mol. The summed E-state index contributed by atoms with van der Waals surface area (Å²) in [6.45, 7) is 7.70. The number of hydrogen-bond donors (Lipinski definition) is 1. The molecule has 5 nitrogen and oxygen atoms in total. The van der Waals surface area contributed by atoms with Crippen molar-refractivity contribution in [3.8, 4) is 0 Å². The van der Waals surface area contributed by atoms with Gasteiger partial charge in [0.15, 0.2) is 0 Å². The second-order valence-corrected chi connectivity index (χ2v) is 8.72. The molecule has 0 aromatic carbocycles. The van der Waals surface area contributed by atoms with Crippen LogP contribution >= 0.6 is 0 Å². The molecule has 1 N–H and O–H groups in total. The number of sulfonamides is 1. The van der Waals surface area contributed by atoms with E-state index in [2.05, 4.69) is 4.72 Å². The number of rotatable bonds is 3. The van der Waals surface area contributed by atoms with E-state index in [4.69, 9.17) is 9.47 Å². The van der Waals surface area contributed by atoms with Gasteiger partial charge >= 0.3 is 0 Å². The van der Waals surface area contributed by atoms with Crippen LogP contribution in [-0.2, 0) is 19.5 Å². The van der Waals surface area contributed by atoms with Crippen molar-refractivity contribution in [1.82, 2.24) is 4.72 Å². The molecule has 0 aliphatic carbocycles. The quantitative estimate of drug-likeness (QED) is 0.851. The predicted molar refractivity (Wildman–Crippen MR) is 73.5 cm³/mol. The Labute approximate surface area is 116 Å². The zero-order valence-electron chi connectivity index (χ0n) is 12.1. The van der Waals surface area contributed by atoms with Crippen molar-refractivity contribution in [1.29, 1.82) is 0 Å². The molecule has 112 valence electrons. The minimum absolute atomic E-state index is 0.0252. The first kappa shape index (κ1) is 15.2. The molecule has 0 unspecified atom stereocenters. The Morgan fingerprint density at radius 2 is 2.05 bits per heavy atom. The summed E-state index contributed by atoms with van der Waals surface area (Å²) in [7, 11) is -3.23. The van der Waals surface area contributed by atoms with Gasteiger partial charge in [0.2, 0.25) is 10.0 Å². The predicted octanol–water partition coefficient (Wildman–Crippen LogP) is 1.29. The van der Waals surface area contributed by atoms with E-state index in [0.717, 1.165) is 19.3 Å². The molecular formula is C13H25NO4S. The third-order valence-corrected chi connectivity index (χ3v) is 5.47. The van der Waals surface area contributed by atoms with Crippen LogP contribution < -0.4 is 4.72 Å². The van der Waals surface area contributed by atoms with Gasteiger partial charge in [-0.1, -0.05) is 20.8 Å². The zero-order chi connectivity index (χ0) is 14.1. The first-order valence-corrected chi connectivity index (χ1v) is 8.57. The van der Waals surface area contributed by atoms with Gasteiger partial charge < -0.3 is 9.47 Å². The van der Waals surface area contributed by atoms with Gasteiger partial charge in [0.1, 0.15) is 0 Å². The maximum Gasteiger partial charge on any atom is 0.212 e. The Morgan fingerprint density at radius 1 is 1.32 bits per heavy atom. The standard InChI is InChI=1S/C13H25NO4S/c1-12(2,3)10-19(15,16)14-11-4-6-18-13(8-11)5-7-17-9-13/h11,14H,4-10H2,1-3H3/t11-,13+/m0/s1. The van der Waals surface area contributed by atoms with Gasteiger partial charge in [-0.05, 0) is 18.3 Å². The summed E-state index contributed by atoms with van der Waals surface area (Å²) in [6, 6.07) is -0.0252. The van der Waals surface area contributed by atoms with E-state index < -0.39 is 10.0 Å². The van der Waals surface area contributed by atoms with Crippen molar-refractivity contribution in [2.24, 2.45) is 5.41 Å². The highest BCUT2D eigenvalue weighted by Crippen LogP contribution is 2.33. The van der Waals surface area contributed by atoms with Crippen LogP contribution in [0.1, 0.15) is 40.0 Å². The number of hydrogen-bond acceptors (Lipinski definition) is 4. The van der Waals surface area contributed by atoms with Crippen LogP contribution in [0.25, 0.3) is 0 Å². The van der Waals surface area contributed by atoms with E-state index in [9.17, 15) is 8.42 Å². The summed E-state index contributed by atoms with van der Waals surface area (Å²) in [5.41, 5.74) is -0.488. The molecule has 0 amide bonds. The number of ether oxygens (including phenoxy) is 2. The van der Waals surface area contributed by atoms with Crippen LogP contribution in [0.15, 0.2) is 0 Å². The summed E-state index contributed by atoms with van der Waals surface area (Å²) < 4.78 is 38.3. The van der Waals surface area contributed by atoms with Gasteiger partial charge in [0, 0.05) is 25.7 Å². The summed E-state index contributed by atoms with van der Waals surface area (Å²) in [4.78, 5) is 0. The molecule has 2 heterocycles. The molecule has 19 heavy (non-hydrogen) atoms. The third kappa shape index (κ3) is 4.41. The Hall–Kier alpha value is -0.170. The van der Waals surface area contributed by atoms with Crippen LogP contribution in [0.3, 0.4) is 0 Å². The summed E-state index contributed by atoms with van der Waals surface area (Å²) in [6.07, 6.45) is 2.33. The van der Waals surface area contributed by atoms with Crippen molar-refractivity contribution in [3.05, 3.63) is 0 Å². The molecule has 0 aromatic heterocycles. The van der Waals surface area contributed by atoms with Crippen LogP contribution in [0.4, 0.5) is 0 Å². The summed E-state index contributed by atoms with van der Waals surface area (Å²) in [5, 5.41) is 0. The van der Waals surface area contributed by atoms with E-state index in [1.165, 1.54) is 0 Å². The van der Waals surface area contributed by atoms with E-state index in [0.29, 0.717) is 19.8 Å². The van der Waals surface area contributed by atoms with Crippen LogP contribution in [0.2, 0.25) is 0 Å². The largest absolute Gasteiger partial charge is 0.378 e. The molecule has 2 atom stereocenters. The first-order valence-electron chi connectivity index (χ1n) is 6.92. The van der Waals surface area contributed by atoms with Crippen molar-refractivity contribution in [2.45, 2.75) is 51.7 Å². The van der Waals surface area contributed by atoms with Crippen molar-refractivity contribution in [3.63, 3.8) is 0 Å². The fourth-order valence-corrected chi connectivity index (χ4v) is 4.79. The minimum atomic E-state index is -3.23. The lowest BCUT2D eigenvalue weighted by molar-refractivity contribution is -0.0868. The highest BCUT2D eigenvalue weighted by molar-refractivity contribution is 7.89. The van der Waals surface area contributed by atoms with Gasteiger partial charge in [0.05, 0.1) is 18.0 Å². The van der Waals surface area contributed by atoms with Crippen molar-refractivity contribution >= 4 is 10.0 Å². The third-order valence-electron chi connectivity index (χ3n) is 3.53. The van der Waals surface area contributed by atoms with Gasteiger partial charge in [-0.2, -0.15) is 0 Å². The van der Waals surface area contributed by atoms with E-state index in [1.54, 1.807) is 0 Å². The normalized spacial score (nSPS) is 32.9. The SMILES string of the molecule is CC(C)(C)CS(=O)(=O)N[C@H]1CCO[C@]2(CCOC2)C1. The monoisotopic (exact) mass is 291 g/mol. The highest BCUT2D eigenvalue weighted by Gasteiger charge is 2.42. The van der Waals surface area contributed by atoms with Gasteiger partial charge in [-0.15, -0.1) is 0 Å². The van der Waals surface area contributed by atoms with Crippen molar-refractivity contribution in [2.75, 3.05) is 25.6 Å². The molecule has 1 spiro atoms. The Balaban J connectivity index is 1.95. The van der Waals surface area contributed by atoms with Crippen LogP contribution in [0, 0.1) is 5.41 Å². The Morgan fingerprint density at radius 3 is 2.63 bits per heavy atom. The lowest BCUT2D eigenvalue weighted by Crippen LogP contribution is -2.50. The lowest BCUT2D eigenvalue weighted by atomic mass is 9.90. The minimum Gasteiger partial charge on any atom is -0.378 e. The fraction of sp³-hybridized carbons (Fsp3) is 1.00. The van der Waals surface area contributed by atoms with Gasteiger partial charge in [-0.25, -0.2) is 13.1 Å². The lowest BCUT2D eigenvalue weighted by Gasteiger charge is -2.37. The maximum absolute atomic E-state index is 12.1. The van der Waals surface area contributed by atoms with Crippen molar-refractivity contribution < 1.29 is 17.9 Å². The maximum atomic E-state index is 12.1. The molecule has 6 heteroatoms. The highest BCUT2D eigenvalue weighted by atomic mass is 32.2. The second kappa shape index (κ2) is 5.31. The van der Waals surface area contributed by atoms with E-state index in [-0.39, 0.29) is 22.8 Å².